The van der Waals surface area contributed by atoms with Gasteiger partial charge in [0.15, 0.2) is 0 Å². The van der Waals surface area contributed by atoms with Crippen LogP contribution in [0, 0.1) is 0 Å². The Morgan fingerprint density at radius 3 is 0.909 bits per heavy atom. The molecule has 0 saturated heterocycles. The van der Waals surface area contributed by atoms with Crippen LogP contribution in [0.1, 0.15) is 82.1 Å². The van der Waals surface area contributed by atoms with E-state index in [-0.39, 0.29) is 22.4 Å². The molecule has 0 atom stereocenters. The number of hydrogen-bond donors (Lipinski definition) is 2. The van der Waals surface area contributed by atoms with Crippen LogP contribution in [0.25, 0.3) is 0 Å². The lowest BCUT2D eigenvalue weighted by atomic mass is 9.94. The Morgan fingerprint density at radius 1 is 0.500 bits per heavy atom. The van der Waals surface area contributed by atoms with Crippen molar-refractivity contribution in [2.24, 2.45) is 0 Å². The zero-order chi connectivity index (χ0) is 18.2. The van der Waals surface area contributed by atoms with Gasteiger partial charge in [0.25, 0.3) is 0 Å². The minimum Gasteiger partial charge on any atom is -0.255 e. The molecular formula is C16H36O6. The second-order valence-electron chi connectivity index (χ2n) is 8.58. The van der Waals surface area contributed by atoms with Gasteiger partial charge in [0, 0.05) is 0 Å². The Balaban J connectivity index is 0. The summed E-state index contributed by atoms with van der Waals surface area (Å²) in [5.74, 6) is 0. The van der Waals surface area contributed by atoms with E-state index in [1.54, 1.807) is 0 Å². The van der Waals surface area contributed by atoms with E-state index >= 15 is 0 Å². The van der Waals surface area contributed by atoms with E-state index in [0.29, 0.717) is 0 Å². The lowest BCUT2D eigenvalue weighted by Crippen LogP contribution is -2.35. The molecule has 0 fully saturated rings. The minimum absolute atomic E-state index is 0.307. The van der Waals surface area contributed by atoms with E-state index in [4.69, 9.17) is 30.1 Å². The molecule has 0 heterocycles. The molecule has 6 heteroatoms. The highest BCUT2D eigenvalue weighted by Crippen LogP contribution is 2.27. The molecule has 6 nitrogen and oxygen atoms in total. The third-order valence-corrected chi connectivity index (χ3v) is 2.36. The standard InChI is InChI=1S/C16H34O4.H2O2/c1-13(2,3)17-19-15(7,8)11-12-16(9,10)20-18-14(4,5)6;1-2/h11-12H2,1-10H3;1-2H. The molecule has 0 radical (unpaired) electrons. The van der Waals surface area contributed by atoms with Crippen molar-refractivity contribution >= 4 is 0 Å². The van der Waals surface area contributed by atoms with E-state index in [9.17, 15) is 0 Å². The Hall–Kier alpha value is -0.240. The van der Waals surface area contributed by atoms with Crippen LogP contribution in [0.2, 0.25) is 0 Å². The van der Waals surface area contributed by atoms with Crippen LogP contribution >= 0.6 is 0 Å². The van der Waals surface area contributed by atoms with Gasteiger partial charge in [0.1, 0.15) is 0 Å². The summed E-state index contributed by atoms with van der Waals surface area (Å²) in [6.07, 6.45) is 1.62. The van der Waals surface area contributed by atoms with Gasteiger partial charge in [0.05, 0.1) is 22.4 Å². The predicted octanol–water partition coefficient (Wildman–Crippen LogP) is 4.83. The summed E-state index contributed by atoms with van der Waals surface area (Å²) in [4.78, 5) is 21.9. The summed E-state index contributed by atoms with van der Waals surface area (Å²) in [5, 5.41) is 12.0. The van der Waals surface area contributed by atoms with E-state index in [1.165, 1.54) is 0 Å². The zero-order valence-electron chi connectivity index (χ0n) is 15.9. The van der Waals surface area contributed by atoms with Gasteiger partial charge in [-0.3, -0.25) is 10.5 Å². The van der Waals surface area contributed by atoms with Crippen LogP contribution in [0.3, 0.4) is 0 Å². The Bertz CT molecular complexity index is 256. The number of rotatable bonds is 7. The van der Waals surface area contributed by atoms with Crippen molar-refractivity contribution in [3.05, 3.63) is 0 Å². The van der Waals surface area contributed by atoms with E-state index in [0.717, 1.165) is 12.8 Å². The van der Waals surface area contributed by atoms with Gasteiger partial charge in [0.2, 0.25) is 0 Å². The molecule has 0 unspecified atom stereocenters. The molecule has 0 bridgehead atoms. The predicted molar refractivity (Wildman–Crippen MR) is 86.5 cm³/mol. The fourth-order valence-electron chi connectivity index (χ4n) is 1.16. The van der Waals surface area contributed by atoms with Crippen molar-refractivity contribution in [3.8, 4) is 0 Å². The van der Waals surface area contributed by atoms with E-state index in [2.05, 4.69) is 0 Å². The molecule has 0 rings (SSSR count). The molecule has 0 amide bonds. The van der Waals surface area contributed by atoms with Crippen LogP contribution in [0.5, 0.6) is 0 Å². The first-order valence-corrected chi connectivity index (χ1v) is 7.56. The number of hydrogen-bond acceptors (Lipinski definition) is 6. The first-order chi connectivity index (χ1) is 9.62. The third-order valence-electron chi connectivity index (χ3n) is 2.36. The summed E-state index contributed by atoms with van der Waals surface area (Å²) in [7, 11) is 0. The first-order valence-electron chi connectivity index (χ1n) is 7.56. The Labute approximate surface area is 135 Å². The van der Waals surface area contributed by atoms with Crippen molar-refractivity contribution in [2.75, 3.05) is 0 Å². The van der Waals surface area contributed by atoms with Gasteiger partial charge in [-0.1, -0.05) is 0 Å². The molecule has 0 aliphatic heterocycles. The van der Waals surface area contributed by atoms with Gasteiger partial charge in [-0.2, -0.15) is 0 Å². The van der Waals surface area contributed by atoms with Crippen LogP contribution in [0.4, 0.5) is 0 Å². The highest BCUT2D eigenvalue weighted by atomic mass is 17.2. The van der Waals surface area contributed by atoms with Crippen molar-refractivity contribution in [3.63, 3.8) is 0 Å². The monoisotopic (exact) mass is 324 g/mol. The van der Waals surface area contributed by atoms with Crippen LogP contribution in [-0.4, -0.2) is 32.9 Å². The fourth-order valence-corrected chi connectivity index (χ4v) is 1.16. The van der Waals surface area contributed by atoms with Crippen LogP contribution in [0.15, 0.2) is 0 Å². The molecule has 2 N–H and O–H groups in total. The summed E-state index contributed by atoms with van der Waals surface area (Å²) in [5.41, 5.74) is -1.34. The highest BCUT2D eigenvalue weighted by Gasteiger charge is 2.30. The maximum Gasteiger partial charge on any atom is 0.0981 e. The second-order valence-corrected chi connectivity index (χ2v) is 8.58. The minimum atomic E-state index is -0.365. The molecule has 0 aromatic heterocycles. The van der Waals surface area contributed by atoms with Crippen molar-refractivity contribution in [1.82, 2.24) is 0 Å². The molecule has 0 spiro atoms. The second kappa shape index (κ2) is 9.15. The van der Waals surface area contributed by atoms with Crippen molar-refractivity contribution in [2.45, 2.75) is 104 Å². The molecule has 0 aliphatic carbocycles. The summed E-state index contributed by atoms with van der Waals surface area (Å²) >= 11 is 0. The molecular weight excluding hydrogens is 288 g/mol. The van der Waals surface area contributed by atoms with Gasteiger partial charge < -0.3 is 0 Å². The molecule has 136 valence electrons. The topological polar surface area (TPSA) is 77.4 Å². The third kappa shape index (κ3) is 16.1. The summed E-state index contributed by atoms with van der Waals surface area (Å²) in [6, 6.07) is 0. The summed E-state index contributed by atoms with van der Waals surface area (Å²) < 4.78 is 0. The Morgan fingerprint density at radius 2 is 0.727 bits per heavy atom. The molecule has 0 aromatic carbocycles. The molecule has 22 heavy (non-hydrogen) atoms. The van der Waals surface area contributed by atoms with Gasteiger partial charge in [-0.05, 0) is 82.1 Å². The lowest BCUT2D eigenvalue weighted by molar-refractivity contribution is -0.410. The summed E-state index contributed by atoms with van der Waals surface area (Å²) in [6.45, 7) is 19.8. The average molecular weight is 324 g/mol. The van der Waals surface area contributed by atoms with Gasteiger partial charge in [-0.15, -0.1) is 0 Å². The fraction of sp³-hybridized carbons (Fsp3) is 1.00. The van der Waals surface area contributed by atoms with Crippen molar-refractivity contribution < 1.29 is 30.1 Å². The quantitative estimate of drug-likeness (QED) is 0.515. The van der Waals surface area contributed by atoms with Gasteiger partial charge in [-0.25, -0.2) is 19.6 Å². The lowest BCUT2D eigenvalue weighted by Gasteiger charge is -2.33. The van der Waals surface area contributed by atoms with E-state index < -0.39 is 0 Å². The highest BCUT2D eigenvalue weighted by molar-refractivity contribution is 4.75. The largest absolute Gasteiger partial charge is 0.255 e. The van der Waals surface area contributed by atoms with Gasteiger partial charge >= 0.3 is 0 Å². The van der Waals surface area contributed by atoms with Crippen LogP contribution in [-0.2, 0) is 19.6 Å². The molecule has 0 aromatic rings. The normalized spacial score (nSPS) is 13.6. The van der Waals surface area contributed by atoms with Crippen LogP contribution < -0.4 is 0 Å². The maximum absolute atomic E-state index is 6.00. The smallest absolute Gasteiger partial charge is 0.0981 e. The van der Waals surface area contributed by atoms with Crippen molar-refractivity contribution in [1.29, 1.82) is 0 Å². The first kappa shape index (κ1) is 24.0. The molecule has 0 saturated carbocycles. The maximum atomic E-state index is 6.00. The molecule has 0 aliphatic rings. The zero-order valence-corrected chi connectivity index (χ0v) is 15.9. The Kier molecular flexibility index (Phi) is 9.99. The average Bonchev–Trinajstić information content (AvgIpc) is 2.34. The SMILES string of the molecule is CC(C)(C)OOC(C)(C)CCC(C)(C)OOC(C)(C)C.OO. The van der Waals surface area contributed by atoms with E-state index in [1.807, 2.05) is 69.2 Å².